The van der Waals surface area contributed by atoms with Gasteiger partial charge in [0.25, 0.3) is 5.03 Å². The van der Waals surface area contributed by atoms with Crippen molar-refractivity contribution in [3.05, 3.63) is 94.8 Å². The van der Waals surface area contributed by atoms with E-state index < -0.39 is 6.29 Å². The van der Waals surface area contributed by atoms with Gasteiger partial charge in [0.05, 0.1) is 18.8 Å². The summed E-state index contributed by atoms with van der Waals surface area (Å²) in [5, 5.41) is 27.7. The largest absolute Gasteiger partial charge is 0.618 e. The first-order valence-electron chi connectivity index (χ1n) is 11.9. The van der Waals surface area contributed by atoms with Crippen LogP contribution in [0.3, 0.4) is 0 Å². The molecule has 4 rings (SSSR count). The molecule has 2 aromatic carbocycles. The number of ether oxygens (including phenoxy) is 2. The lowest BCUT2D eigenvalue weighted by molar-refractivity contribution is -0.645. The minimum Gasteiger partial charge on any atom is -0.618 e. The zero-order chi connectivity index (χ0) is 25.5. The molecular formula is C27H31N3O5S. The number of amides is 2. The number of anilines is 1. The van der Waals surface area contributed by atoms with Crippen molar-refractivity contribution in [3.8, 4) is 0 Å². The van der Waals surface area contributed by atoms with E-state index in [1.807, 2.05) is 61.5 Å². The number of hydrogen-bond donors (Lipinski definition) is 3. The summed E-state index contributed by atoms with van der Waals surface area (Å²) in [6.45, 7) is 4.47. The van der Waals surface area contributed by atoms with E-state index in [0.717, 1.165) is 21.4 Å². The maximum absolute atomic E-state index is 12.1. The second-order valence-corrected chi connectivity index (χ2v) is 9.64. The minimum absolute atomic E-state index is 0.0104. The molecule has 2 amide bonds. The van der Waals surface area contributed by atoms with Gasteiger partial charge < -0.3 is 30.4 Å². The van der Waals surface area contributed by atoms with Crippen molar-refractivity contribution < 1.29 is 24.1 Å². The third-order valence-corrected chi connectivity index (χ3v) is 7.19. The Morgan fingerprint density at radius 1 is 1.06 bits per heavy atom. The van der Waals surface area contributed by atoms with E-state index in [-0.39, 0.29) is 30.8 Å². The number of hydrogen-bond acceptors (Lipinski definition) is 6. The number of carbonyl (C=O) groups is 1. The van der Waals surface area contributed by atoms with Crippen LogP contribution in [0.25, 0.3) is 0 Å². The number of nitrogens with one attached hydrogen (secondary N) is 2. The van der Waals surface area contributed by atoms with Crippen LogP contribution in [-0.4, -0.2) is 29.5 Å². The normalized spacial score (nSPS) is 21.6. The van der Waals surface area contributed by atoms with Crippen molar-refractivity contribution >= 4 is 23.5 Å². The molecule has 1 aromatic heterocycles. The van der Waals surface area contributed by atoms with Gasteiger partial charge in [-0.15, -0.1) is 0 Å². The standard InChI is InChI=1S/C27H31N3O5S/c1-3-28-27(32)29-22-13-11-21(12-14-22)26-34-23(17-36-24-6-4-5-15-30(24)33)18(2)25(35-26)20-9-7-19(16-31)8-10-20/h4-15,18,23,25-26,31H,3,16-17H2,1-2H3,(H2,28,29,32)/t18-,23+,25+,26+/m1/s1. The molecule has 2 heterocycles. The number of aliphatic hydroxyl groups excluding tert-OH is 1. The van der Waals surface area contributed by atoms with Crippen molar-refractivity contribution in [1.82, 2.24) is 5.32 Å². The number of pyridine rings is 1. The third-order valence-electron chi connectivity index (χ3n) is 6.09. The maximum Gasteiger partial charge on any atom is 0.319 e. The van der Waals surface area contributed by atoms with Crippen LogP contribution in [0.4, 0.5) is 10.5 Å². The van der Waals surface area contributed by atoms with Gasteiger partial charge in [0, 0.05) is 41.6 Å². The van der Waals surface area contributed by atoms with E-state index in [9.17, 15) is 15.1 Å². The van der Waals surface area contributed by atoms with Crippen molar-refractivity contribution in [2.24, 2.45) is 5.92 Å². The monoisotopic (exact) mass is 509 g/mol. The summed E-state index contributed by atoms with van der Waals surface area (Å²) >= 11 is 1.45. The number of aromatic nitrogens is 1. The second-order valence-electron chi connectivity index (χ2n) is 8.60. The molecule has 3 aromatic rings. The molecule has 0 radical (unpaired) electrons. The highest BCUT2D eigenvalue weighted by Gasteiger charge is 2.38. The molecule has 1 saturated heterocycles. The molecular weight excluding hydrogens is 478 g/mol. The number of urea groups is 1. The SMILES string of the molecule is CCNC(=O)Nc1ccc([C@H]2O[C@@H](CSc3cccc[n+]3[O-])[C@@H](C)[C@@H](c3ccc(CO)cc3)O2)cc1. The highest BCUT2D eigenvalue weighted by atomic mass is 32.2. The number of benzene rings is 2. The van der Waals surface area contributed by atoms with Crippen molar-refractivity contribution in [1.29, 1.82) is 0 Å². The molecule has 0 spiro atoms. The van der Waals surface area contributed by atoms with E-state index >= 15 is 0 Å². The first-order valence-corrected chi connectivity index (χ1v) is 12.9. The van der Waals surface area contributed by atoms with Crippen LogP contribution in [0.2, 0.25) is 0 Å². The average molecular weight is 510 g/mol. The fourth-order valence-corrected chi connectivity index (χ4v) is 5.14. The van der Waals surface area contributed by atoms with Crippen LogP contribution in [0.5, 0.6) is 0 Å². The number of thioether (sulfide) groups is 1. The smallest absolute Gasteiger partial charge is 0.319 e. The van der Waals surface area contributed by atoms with E-state index in [4.69, 9.17) is 9.47 Å². The van der Waals surface area contributed by atoms with Gasteiger partial charge in [-0.05, 0) is 36.2 Å². The van der Waals surface area contributed by atoms with Gasteiger partial charge in [-0.25, -0.2) is 4.79 Å². The lowest BCUT2D eigenvalue weighted by Gasteiger charge is -2.41. The quantitative estimate of drug-likeness (QED) is 0.234. The summed E-state index contributed by atoms with van der Waals surface area (Å²) < 4.78 is 13.7. The topological polar surface area (TPSA) is 107 Å². The van der Waals surface area contributed by atoms with Crippen molar-refractivity contribution in [2.45, 2.75) is 44.0 Å². The molecule has 9 heteroatoms. The van der Waals surface area contributed by atoms with Gasteiger partial charge in [0.15, 0.2) is 12.5 Å². The second kappa shape index (κ2) is 12.2. The van der Waals surface area contributed by atoms with E-state index in [1.54, 1.807) is 12.1 Å². The Balaban J connectivity index is 1.55. The van der Waals surface area contributed by atoms with E-state index in [0.29, 0.717) is 23.0 Å². The van der Waals surface area contributed by atoms with Crippen LogP contribution in [0.1, 0.15) is 42.9 Å². The Hall–Kier alpha value is -3.11. The summed E-state index contributed by atoms with van der Waals surface area (Å²) in [7, 11) is 0. The van der Waals surface area contributed by atoms with Crippen LogP contribution in [-0.2, 0) is 16.1 Å². The molecule has 1 aliphatic heterocycles. The lowest BCUT2D eigenvalue weighted by Crippen LogP contribution is -2.39. The zero-order valence-corrected chi connectivity index (χ0v) is 21.1. The highest BCUT2D eigenvalue weighted by Crippen LogP contribution is 2.43. The predicted octanol–water partition coefficient (Wildman–Crippen LogP) is 4.54. The summed E-state index contributed by atoms with van der Waals surface area (Å²) in [5.74, 6) is 0.589. The molecule has 0 aliphatic carbocycles. The predicted molar refractivity (Wildman–Crippen MR) is 138 cm³/mol. The summed E-state index contributed by atoms with van der Waals surface area (Å²) in [4.78, 5) is 11.8. The zero-order valence-electron chi connectivity index (χ0n) is 20.3. The van der Waals surface area contributed by atoms with Gasteiger partial charge in [-0.3, -0.25) is 0 Å². The molecule has 1 fully saturated rings. The number of nitrogens with zero attached hydrogens (tertiary/aromatic N) is 1. The Morgan fingerprint density at radius 3 is 2.44 bits per heavy atom. The van der Waals surface area contributed by atoms with Gasteiger partial charge >= 0.3 is 6.03 Å². The lowest BCUT2D eigenvalue weighted by atomic mass is 9.91. The first kappa shape index (κ1) is 26.0. The van der Waals surface area contributed by atoms with Gasteiger partial charge in [-0.2, -0.15) is 4.73 Å². The molecule has 36 heavy (non-hydrogen) atoms. The summed E-state index contributed by atoms with van der Waals surface area (Å²) in [6.07, 6.45) is 0.430. The van der Waals surface area contributed by atoms with Crippen LogP contribution >= 0.6 is 11.8 Å². The summed E-state index contributed by atoms with van der Waals surface area (Å²) in [5.41, 5.74) is 3.33. The molecule has 0 saturated carbocycles. The van der Waals surface area contributed by atoms with Crippen LogP contribution < -0.4 is 15.4 Å². The van der Waals surface area contributed by atoms with Gasteiger partial charge in [0.2, 0.25) is 0 Å². The molecule has 4 atom stereocenters. The molecule has 0 unspecified atom stereocenters. The third kappa shape index (κ3) is 6.36. The van der Waals surface area contributed by atoms with Crippen molar-refractivity contribution in [2.75, 3.05) is 17.6 Å². The Bertz CT molecular complexity index is 1140. The maximum atomic E-state index is 12.1. The fourth-order valence-electron chi connectivity index (χ4n) is 4.06. The molecule has 3 N–H and O–H groups in total. The Labute approximate surface area is 215 Å². The van der Waals surface area contributed by atoms with E-state index in [1.165, 1.54) is 18.0 Å². The average Bonchev–Trinajstić information content (AvgIpc) is 2.89. The molecule has 190 valence electrons. The van der Waals surface area contributed by atoms with Crippen molar-refractivity contribution in [3.63, 3.8) is 0 Å². The first-order chi connectivity index (χ1) is 17.5. The molecule has 8 nitrogen and oxygen atoms in total. The van der Waals surface area contributed by atoms with Crippen LogP contribution in [0, 0.1) is 11.1 Å². The Kier molecular flexibility index (Phi) is 8.82. The minimum atomic E-state index is -0.622. The van der Waals surface area contributed by atoms with Crippen LogP contribution in [0.15, 0.2) is 78.0 Å². The molecule has 0 bridgehead atoms. The number of rotatable bonds is 8. The summed E-state index contributed by atoms with van der Waals surface area (Å²) in [6, 6.07) is 20.2. The van der Waals surface area contributed by atoms with Gasteiger partial charge in [-0.1, -0.05) is 55.1 Å². The van der Waals surface area contributed by atoms with Gasteiger partial charge in [0.1, 0.15) is 0 Å². The number of aliphatic hydroxyl groups is 1. The fraction of sp³-hybridized carbons (Fsp3) is 0.333. The molecule has 1 aliphatic rings. The van der Waals surface area contributed by atoms with E-state index in [2.05, 4.69) is 17.6 Å². The highest BCUT2D eigenvalue weighted by molar-refractivity contribution is 7.99. The number of carbonyl (C=O) groups excluding carboxylic acids is 1. The Morgan fingerprint density at radius 2 is 1.78 bits per heavy atom.